The van der Waals surface area contributed by atoms with Gasteiger partial charge in [-0.1, -0.05) is 55.8 Å². The third-order valence-electron chi connectivity index (χ3n) is 6.01. The molecule has 0 radical (unpaired) electrons. The summed E-state index contributed by atoms with van der Waals surface area (Å²) < 4.78 is 5.87. The Hall–Kier alpha value is -2.64. The molecule has 1 aliphatic carbocycles. The number of amidine groups is 2. The Kier molecular flexibility index (Phi) is 6.02. The molecule has 0 spiro atoms. The van der Waals surface area contributed by atoms with Crippen molar-refractivity contribution in [3.05, 3.63) is 52.8 Å². The minimum absolute atomic E-state index is 0.0286. The van der Waals surface area contributed by atoms with Crippen molar-refractivity contribution in [2.45, 2.75) is 44.9 Å². The fourth-order valence-electron chi connectivity index (χ4n) is 4.31. The number of hydrogen-bond donors (Lipinski definition) is 1. The van der Waals surface area contributed by atoms with Gasteiger partial charge >= 0.3 is 0 Å². The number of carbonyl (C=O) groups excluding carboxylic acids is 1. The van der Waals surface area contributed by atoms with Gasteiger partial charge in [-0.05, 0) is 60.9 Å². The van der Waals surface area contributed by atoms with Gasteiger partial charge in [0.05, 0.1) is 5.57 Å². The van der Waals surface area contributed by atoms with Gasteiger partial charge in [-0.25, -0.2) is 0 Å². The molecule has 1 aromatic carbocycles. The van der Waals surface area contributed by atoms with Gasteiger partial charge in [-0.3, -0.25) is 10.2 Å². The third kappa shape index (κ3) is 4.45. The maximum Gasteiger partial charge on any atom is 0.283 e. The van der Waals surface area contributed by atoms with E-state index in [-0.39, 0.29) is 11.4 Å². The van der Waals surface area contributed by atoms with Crippen LogP contribution in [-0.2, 0) is 4.79 Å². The summed E-state index contributed by atoms with van der Waals surface area (Å²) >= 11 is 7.47. The van der Waals surface area contributed by atoms with Crippen LogP contribution in [0.3, 0.4) is 0 Å². The first-order valence-electron chi connectivity index (χ1n) is 10.9. The molecule has 0 bridgehead atoms. The SMILES string of the molecule is N=C1C(=Cc2ccc(-c3cccc(Cl)c3)o2)C(=O)N=C2SC(CCC3CCCCC3)=NN12. The standard InChI is InChI=1S/C24H23ClN4O2S/c25-17-8-4-7-16(13-17)20-11-10-18(31-20)14-19-22(26)29-24(27-23(19)30)32-21(28-29)12-9-15-5-2-1-3-6-15/h4,7-8,10-11,13-15,26H,1-3,5-6,9,12H2. The quantitative estimate of drug-likeness (QED) is 0.504. The minimum Gasteiger partial charge on any atom is -0.457 e. The number of hydrazone groups is 1. The van der Waals surface area contributed by atoms with E-state index in [9.17, 15) is 4.79 Å². The summed E-state index contributed by atoms with van der Waals surface area (Å²) in [6.45, 7) is 0. The molecule has 8 heteroatoms. The molecule has 5 rings (SSSR count). The van der Waals surface area contributed by atoms with Crippen LogP contribution in [0, 0.1) is 11.3 Å². The average molecular weight is 467 g/mol. The molecule has 2 aliphatic heterocycles. The number of carbonyl (C=O) groups is 1. The smallest absolute Gasteiger partial charge is 0.283 e. The van der Waals surface area contributed by atoms with Gasteiger partial charge in [-0.15, -0.1) is 0 Å². The molecule has 3 aliphatic rings. The van der Waals surface area contributed by atoms with Crippen LogP contribution in [0.4, 0.5) is 0 Å². The molecule has 3 heterocycles. The molecule has 1 aromatic heterocycles. The second-order valence-corrected chi connectivity index (χ2v) is 9.75. The van der Waals surface area contributed by atoms with Crippen molar-refractivity contribution in [2.24, 2.45) is 16.0 Å². The normalized spacial score (nSPS) is 20.5. The van der Waals surface area contributed by atoms with Crippen molar-refractivity contribution in [2.75, 3.05) is 0 Å². The zero-order chi connectivity index (χ0) is 22.1. The van der Waals surface area contributed by atoms with Crippen LogP contribution in [0.1, 0.15) is 50.7 Å². The Balaban J connectivity index is 1.31. The molecule has 0 atom stereocenters. The Morgan fingerprint density at radius 1 is 1.22 bits per heavy atom. The van der Waals surface area contributed by atoms with Gasteiger partial charge in [-0.2, -0.15) is 15.1 Å². The predicted octanol–water partition coefficient (Wildman–Crippen LogP) is 6.58. The Morgan fingerprint density at radius 3 is 2.88 bits per heavy atom. The van der Waals surface area contributed by atoms with E-state index in [0.717, 1.165) is 29.4 Å². The number of aliphatic imine (C=N–C) groups is 1. The van der Waals surface area contributed by atoms with Crippen LogP contribution < -0.4 is 0 Å². The monoisotopic (exact) mass is 466 g/mol. The molecule has 6 nitrogen and oxygen atoms in total. The number of hydrogen-bond acceptors (Lipinski definition) is 5. The molecule has 1 amide bonds. The molecule has 2 aromatic rings. The highest BCUT2D eigenvalue weighted by molar-refractivity contribution is 8.26. The summed E-state index contributed by atoms with van der Waals surface area (Å²) in [4.78, 5) is 16.8. The fourth-order valence-corrected chi connectivity index (χ4v) is 5.40. The minimum atomic E-state index is -0.446. The summed E-state index contributed by atoms with van der Waals surface area (Å²) in [6, 6.07) is 10.9. The number of benzene rings is 1. The molecule has 0 unspecified atom stereocenters. The Morgan fingerprint density at radius 2 is 2.06 bits per heavy atom. The van der Waals surface area contributed by atoms with E-state index in [1.165, 1.54) is 48.9 Å². The summed E-state index contributed by atoms with van der Waals surface area (Å²) in [5.74, 6) is 1.45. The van der Waals surface area contributed by atoms with Gasteiger partial charge in [0, 0.05) is 10.6 Å². The van der Waals surface area contributed by atoms with Crippen molar-refractivity contribution in [3.8, 4) is 11.3 Å². The number of nitrogens with zero attached hydrogens (tertiary/aromatic N) is 3. The van der Waals surface area contributed by atoms with Crippen molar-refractivity contribution >= 4 is 51.4 Å². The molecule has 0 saturated heterocycles. The molecular weight excluding hydrogens is 444 g/mol. The van der Waals surface area contributed by atoms with Crippen molar-refractivity contribution in [1.82, 2.24) is 5.01 Å². The molecular formula is C24H23ClN4O2S. The van der Waals surface area contributed by atoms with Crippen LogP contribution in [-0.4, -0.2) is 27.0 Å². The van der Waals surface area contributed by atoms with Crippen LogP contribution in [0.15, 0.2) is 56.5 Å². The highest BCUT2D eigenvalue weighted by Crippen LogP contribution is 2.33. The van der Waals surface area contributed by atoms with E-state index >= 15 is 0 Å². The van der Waals surface area contributed by atoms with Gasteiger partial charge in [0.1, 0.15) is 16.6 Å². The largest absolute Gasteiger partial charge is 0.457 e. The number of amides is 1. The summed E-state index contributed by atoms with van der Waals surface area (Å²) in [5.41, 5.74) is 1.01. The Labute approximate surface area is 195 Å². The zero-order valence-electron chi connectivity index (χ0n) is 17.5. The molecule has 1 saturated carbocycles. The lowest BCUT2D eigenvalue weighted by atomic mass is 9.86. The molecule has 1 N–H and O–H groups in total. The first kappa shape index (κ1) is 21.2. The van der Waals surface area contributed by atoms with E-state index in [2.05, 4.69) is 10.1 Å². The lowest BCUT2D eigenvalue weighted by Gasteiger charge is -2.20. The maximum absolute atomic E-state index is 12.6. The predicted molar refractivity (Wildman–Crippen MR) is 130 cm³/mol. The highest BCUT2D eigenvalue weighted by Gasteiger charge is 2.35. The number of furan rings is 1. The maximum atomic E-state index is 12.6. The summed E-state index contributed by atoms with van der Waals surface area (Å²) in [5, 5.41) is 16.6. The number of nitrogens with one attached hydrogen (secondary N) is 1. The van der Waals surface area contributed by atoms with Crippen molar-refractivity contribution in [3.63, 3.8) is 0 Å². The fraction of sp³-hybridized carbons (Fsp3) is 0.333. The first-order valence-corrected chi connectivity index (χ1v) is 12.1. The second-order valence-electron chi connectivity index (χ2n) is 8.27. The molecule has 164 valence electrons. The zero-order valence-corrected chi connectivity index (χ0v) is 19.1. The lowest BCUT2D eigenvalue weighted by molar-refractivity contribution is -0.114. The average Bonchev–Trinajstić information content (AvgIpc) is 3.43. The number of thioether (sulfide) groups is 1. The first-order chi connectivity index (χ1) is 15.6. The lowest BCUT2D eigenvalue weighted by Crippen LogP contribution is -2.35. The van der Waals surface area contributed by atoms with E-state index in [0.29, 0.717) is 21.7 Å². The van der Waals surface area contributed by atoms with Crippen LogP contribution in [0.2, 0.25) is 5.02 Å². The third-order valence-corrected chi connectivity index (χ3v) is 7.21. The molecule has 32 heavy (non-hydrogen) atoms. The van der Waals surface area contributed by atoms with Gasteiger partial charge in [0.2, 0.25) is 5.17 Å². The van der Waals surface area contributed by atoms with Crippen LogP contribution in [0.5, 0.6) is 0 Å². The Bertz CT molecular complexity index is 1160. The highest BCUT2D eigenvalue weighted by atomic mass is 35.5. The van der Waals surface area contributed by atoms with Crippen LogP contribution >= 0.6 is 23.4 Å². The summed E-state index contributed by atoms with van der Waals surface area (Å²) in [7, 11) is 0. The number of halogens is 1. The second kappa shape index (κ2) is 9.08. The number of rotatable bonds is 5. The topological polar surface area (TPSA) is 82.0 Å². The van der Waals surface area contributed by atoms with Gasteiger partial charge in [0.25, 0.3) is 5.91 Å². The number of fused-ring (bicyclic) bond motifs is 1. The van der Waals surface area contributed by atoms with E-state index < -0.39 is 5.91 Å². The van der Waals surface area contributed by atoms with E-state index in [4.69, 9.17) is 21.4 Å². The van der Waals surface area contributed by atoms with Gasteiger partial charge in [0.15, 0.2) is 5.84 Å². The van der Waals surface area contributed by atoms with E-state index in [1.807, 2.05) is 24.3 Å². The van der Waals surface area contributed by atoms with Gasteiger partial charge < -0.3 is 4.42 Å². The summed E-state index contributed by atoms with van der Waals surface area (Å²) in [6.07, 6.45) is 10.1. The van der Waals surface area contributed by atoms with Crippen molar-refractivity contribution < 1.29 is 9.21 Å². The van der Waals surface area contributed by atoms with Crippen LogP contribution in [0.25, 0.3) is 17.4 Å². The molecule has 1 fully saturated rings. The van der Waals surface area contributed by atoms with Crippen molar-refractivity contribution in [1.29, 1.82) is 5.41 Å². The van der Waals surface area contributed by atoms with E-state index in [1.54, 1.807) is 18.2 Å².